The van der Waals surface area contributed by atoms with Gasteiger partial charge >= 0.3 is 7.75 Å². The summed E-state index contributed by atoms with van der Waals surface area (Å²) in [5.74, 6) is -0.419. The molecule has 0 spiro atoms. The number of fused-ring (bicyclic) bond motifs is 4. The molecule has 3 heterocycles. The largest absolute Gasteiger partial charge is 0.515 e. The average molecular weight is 458 g/mol. The molecule has 1 unspecified atom stereocenters. The summed E-state index contributed by atoms with van der Waals surface area (Å²) in [6, 6.07) is 15.6. The summed E-state index contributed by atoms with van der Waals surface area (Å²) in [7, 11) is -3.95. The molecule has 166 valence electrons. The number of benzene rings is 2. The second kappa shape index (κ2) is 8.19. The summed E-state index contributed by atoms with van der Waals surface area (Å²) in [5, 5.41) is 0. The van der Waals surface area contributed by atoms with Crippen molar-refractivity contribution in [2.45, 2.75) is 18.9 Å². The third kappa shape index (κ3) is 4.08. The highest BCUT2D eigenvalue weighted by molar-refractivity contribution is 7.52. The van der Waals surface area contributed by atoms with Crippen molar-refractivity contribution in [3.63, 3.8) is 0 Å². The molecule has 1 aromatic heterocycles. The normalized spacial score (nSPS) is 20.4. The van der Waals surface area contributed by atoms with Crippen molar-refractivity contribution in [1.29, 1.82) is 0 Å². The van der Waals surface area contributed by atoms with Crippen molar-refractivity contribution in [3.8, 4) is 11.5 Å². The van der Waals surface area contributed by atoms with Gasteiger partial charge in [0.25, 0.3) is 5.56 Å². The molecule has 0 radical (unpaired) electrons. The molecule has 3 aromatic rings. The van der Waals surface area contributed by atoms with Crippen LogP contribution in [-0.4, -0.2) is 22.3 Å². The van der Waals surface area contributed by atoms with Crippen LogP contribution in [0.5, 0.6) is 11.5 Å². The Labute approximate surface area is 183 Å². The van der Waals surface area contributed by atoms with Gasteiger partial charge < -0.3 is 13.6 Å². The van der Waals surface area contributed by atoms with Crippen LogP contribution in [0.3, 0.4) is 0 Å². The molecule has 5 rings (SSSR count). The highest BCUT2D eigenvalue weighted by Crippen LogP contribution is 2.55. The Morgan fingerprint density at radius 3 is 2.00 bits per heavy atom. The topological polar surface area (TPSA) is 60.8 Å². The minimum atomic E-state index is -3.95. The first-order chi connectivity index (χ1) is 15.4. The van der Waals surface area contributed by atoms with E-state index in [0.29, 0.717) is 19.6 Å². The monoisotopic (exact) mass is 458 g/mol. The van der Waals surface area contributed by atoms with E-state index in [2.05, 4.69) is 0 Å². The zero-order valence-corrected chi connectivity index (χ0v) is 18.0. The quantitative estimate of drug-likeness (QED) is 0.514. The van der Waals surface area contributed by atoms with Crippen molar-refractivity contribution >= 4 is 7.75 Å². The van der Waals surface area contributed by atoms with Gasteiger partial charge in [-0.3, -0.25) is 4.79 Å². The zero-order valence-electron chi connectivity index (χ0n) is 17.1. The number of aromatic nitrogens is 1. The third-order valence-corrected chi connectivity index (χ3v) is 7.78. The van der Waals surface area contributed by atoms with Crippen LogP contribution in [0.2, 0.25) is 0 Å². The van der Waals surface area contributed by atoms with Crippen molar-refractivity contribution in [2.75, 3.05) is 13.1 Å². The Hall–Kier alpha value is -2.96. The van der Waals surface area contributed by atoms with Gasteiger partial charge in [-0.15, -0.1) is 0 Å². The number of rotatable bonds is 5. The summed E-state index contributed by atoms with van der Waals surface area (Å²) in [4.78, 5) is 12.3. The predicted molar refractivity (Wildman–Crippen MR) is 115 cm³/mol. The molecule has 0 saturated carbocycles. The molecular weight excluding hydrogens is 437 g/mol. The molecule has 32 heavy (non-hydrogen) atoms. The van der Waals surface area contributed by atoms with Crippen LogP contribution in [0.25, 0.3) is 0 Å². The van der Waals surface area contributed by atoms with Crippen LogP contribution in [0.1, 0.15) is 18.0 Å². The Bertz CT molecular complexity index is 1180. The minimum absolute atomic E-state index is 0.0154. The molecule has 2 atom stereocenters. The van der Waals surface area contributed by atoms with Crippen LogP contribution in [-0.2, 0) is 11.1 Å². The maximum absolute atomic E-state index is 14.1. The van der Waals surface area contributed by atoms with E-state index in [4.69, 9.17) is 9.05 Å². The van der Waals surface area contributed by atoms with Crippen LogP contribution >= 0.6 is 7.75 Å². The van der Waals surface area contributed by atoms with Crippen LogP contribution in [0.15, 0.2) is 71.5 Å². The van der Waals surface area contributed by atoms with Crippen molar-refractivity contribution in [1.82, 2.24) is 9.24 Å². The van der Waals surface area contributed by atoms with Gasteiger partial charge in [0.2, 0.25) is 0 Å². The number of halogens is 2. The maximum Gasteiger partial charge on any atom is 0.515 e. The van der Waals surface area contributed by atoms with Crippen LogP contribution < -0.4 is 14.6 Å². The summed E-state index contributed by atoms with van der Waals surface area (Å²) >= 11 is 0. The highest BCUT2D eigenvalue weighted by Gasteiger charge is 2.45. The van der Waals surface area contributed by atoms with E-state index < -0.39 is 19.4 Å². The molecule has 9 heteroatoms. The second-order valence-corrected chi connectivity index (χ2v) is 10.00. The van der Waals surface area contributed by atoms with Gasteiger partial charge in [0.05, 0.1) is 0 Å². The molecule has 2 aromatic carbocycles. The lowest BCUT2D eigenvalue weighted by Crippen LogP contribution is -2.46. The smallest absolute Gasteiger partial charge is 0.404 e. The van der Waals surface area contributed by atoms with Crippen LogP contribution in [0, 0.1) is 17.6 Å². The number of hydrogen-bond donors (Lipinski definition) is 0. The van der Waals surface area contributed by atoms with Crippen molar-refractivity contribution in [3.05, 3.63) is 94.4 Å². The van der Waals surface area contributed by atoms with E-state index in [-0.39, 0.29) is 28.9 Å². The number of pyridine rings is 1. The Morgan fingerprint density at radius 1 is 0.812 bits per heavy atom. The molecule has 1 saturated heterocycles. The molecule has 2 aliphatic rings. The Balaban J connectivity index is 1.48. The summed E-state index contributed by atoms with van der Waals surface area (Å²) in [6.45, 7) is 1.28. The maximum atomic E-state index is 14.1. The Kier molecular flexibility index (Phi) is 5.35. The lowest BCUT2D eigenvalue weighted by molar-refractivity contribution is 0.158. The first kappa shape index (κ1) is 20.9. The lowest BCUT2D eigenvalue weighted by Gasteiger charge is -2.43. The fourth-order valence-electron chi connectivity index (χ4n) is 4.46. The first-order valence-corrected chi connectivity index (χ1v) is 11.8. The molecule has 0 N–H and O–H groups in total. The van der Waals surface area contributed by atoms with E-state index in [1.165, 1.54) is 48.5 Å². The van der Waals surface area contributed by atoms with Gasteiger partial charge in [0.15, 0.2) is 0 Å². The molecule has 2 aliphatic heterocycles. The molecule has 1 fully saturated rings. The molecule has 0 amide bonds. The van der Waals surface area contributed by atoms with E-state index in [0.717, 1.165) is 12.1 Å². The third-order valence-electron chi connectivity index (χ3n) is 5.88. The van der Waals surface area contributed by atoms with Gasteiger partial charge in [-0.2, -0.15) is 4.67 Å². The summed E-state index contributed by atoms with van der Waals surface area (Å²) < 4.78 is 56.0. The van der Waals surface area contributed by atoms with Gasteiger partial charge in [0.1, 0.15) is 23.1 Å². The SMILES string of the molecule is O=c1cccc2n1CC1C[C@@H]2CN(P(=O)(Oc2ccc(F)cc2)Oc2ccc(F)cc2)C1. The minimum Gasteiger partial charge on any atom is -0.404 e. The van der Waals surface area contributed by atoms with E-state index in [1.807, 2.05) is 6.07 Å². The number of piperidine rings is 1. The first-order valence-electron chi connectivity index (χ1n) is 10.4. The van der Waals surface area contributed by atoms with Gasteiger partial charge in [-0.25, -0.2) is 13.3 Å². The fourth-order valence-corrected chi connectivity index (χ4v) is 6.34. The van der Waals surface area contributed by atoms with Gasteiger partial charge in [0, 0.05) is 37.3 Å². The summed E-state index contributed by atoms with van der Waals surface area (Å²) in [6.07, 6.45) is 0.868. The van der Waals surface area contributed by atoms with Gasteiger partial charge in [-0.05, 0) is 66.9 Å². The average Bonchev–Trinajstić information content (AvgIpc) is 2.78. The van der Waals surface area contributed by atoms with E-state index >= 15 is 0 Å². The molecular formula is C23H21F2N2O4P. The molecule has 2 bridgehead atoms. The second-order valence-electron chi connectivity index (χ2n) is 8.13. The zero-order chi connectivity index (χ0) is 22.3. The van der Waals surface area contributed by atoms with Gasteiger partial charge in [-0.1, -0.05) is 6.07 Å². The number of nitrogens with zero attached hydrogens (tertiary/aromatic N) is 2. The Morgan fingerprint density at radius 2 is 1.41 bits per heavy atom. The fraction of sp³-hybridized carbons (Fsp3) is 0.261. The number of hydrogen-bond acceptors (Lipinski definition) is 4. The summed E-state index contributed by atoms with van der Waals surface area (Å²) in [5.41, 5.74) is 0.854. The van der Waals surface area contributed by atoms with E-state index in [1.54, 1.807) is 21.4 Å². The van der Waals surface area contributed by atoms with Crippen molar-refractivity contribution in [2.24, 2.45) is 5.92 Å². The van der Waals surface area contributed by atoms with Crippen molar-refractivity contribution < 1.29 is 22.4 Å². The van der Waals surface area contributed by atoms with E-state index in [9.17, 15) is 18.1 Å². The molecule has 6 nitrogen and oxygen atoms in total. The van der Waals surface area contributed by atoms with Crippen LogP contribution in [0.4, 0.5) is 8.78 Å². The predicted octanol–water partition coefficient (Wildman–Crippen LogP) is 4.81. The molecule has 0 aliphatic carbocycles. The standard InChI is InChI=1S/C23H21F2N2O4P/c24-18-4-8-20(9-5-18)30-32(29,31-21-10-6-19(25)7-11-21)26-13-16-12-17(15-26)22-2-1-3-23(28)27(22)14-16/h1-11,16-17H,12-15H2/t16?,17-/m1/s1. The highest BCUT2D eigenvalue weighted by atomic mass is 31.2. The lowest BCUT2D eigenvalue weighted by atomic mass is 9.84.